The predicted octanol–water partition coefficient (Wildman–Crippen LogP) is -0.471. The Hall–Kier alpha value is -7.65. The monoisotopic (exact) mass is 1130 g/mol. The number of para-hydroxylation sites is 1. The van der Waals surface area contributed by atoms with E-state index in [4.69, 9.17) is 22.0 Å². The molecule has 4 aromatic rings. The average molecular weight is 1130 g/mol. The number of guanidine groups is 1. The van der Waals surface area contributed by atoms with Crippen LogP contribution in [0.25, 0.3) is 10.9 Å². The number of carbonyl (C=O) groups is 9. The molecule has 27 heteroatoms. The Balaban J connectivity index is 1.57. The van der Waals surface area contributed by atoms with Gasteiger partial charge >= 0.3 is 5.97 Å². The van der Waals surface area contributed by atoms with Gasteiger partial charge in [-0.2, -0.15) is 25.3 Å². The van der Waals surface area contributed by atoms with E-state index < -0.39 is 95.5 Å². The van der Waals surface area contributed by atoms with Gasteiger partial charge in [0.05, 0.1) is 6.33 Å². The number of thiol groups is 2. The molecule has 79 heavy (non-hydrogen) atoms. The van der Waals surface area contributed by atoms with E-state index in [-0.39, 0.29) is 69.1 Å². The minimum absolute atomic E-state index is 0.0197. The molecule has 0 bridgehead atoms. The molecule has 25 nitrogen and oxygen atoms in total. The largest absolute Gasteiger partial charge is 0.370 e. The molecule has 4 rings (SSSR count). The van der Waals surface area contributed by atoms with Crippen molar-refractivity contribution in [2.24, 2.45) is 22.2 Å². The van der Waals surface area contributed by atoms with Crippen LogP contribution in [0.1, 0.15) is 88.5 Å². The van der Waals surface area contributed by atoms with Crippen molar-refractivity contribution in [2.75, 3.05) is 24.6 Å². The number of hydrogen-bond acceptors (Lipinski definition) is 15. The van der Waals surface area contributed by atoms with E-state index in [1.807, 2.05) is 31.2 Å². The lowest BCUT2D eigenvalue weighted by Gasteiger charge is -2.27. The number of carbonyl (C=O) groups excluding carboxylic acids is 9. The van der Waals surface area contributed by atoms with Crippen molar-refractivity contribution in [3.05, 3.63) is 90.1 Å². The number of nitrogens with one attached hydrogen (secondary N) is 10. The topological polar surface area (TPSA) is 394 Å². The number of hydroxylamine groups is 1. The summed E-state index contributed by atoms with van der Waals surface area (Å²) in [5, 5.41) is 20.1. The summed E-state index contributed by atoms with van der Waals surface area (Å²) in [5.74, 6) is -6.32. The smallest absolute Gasteiger partial charge is 0.324 e. The van der Waals surface area contributed by atoms with Gasteiger partial charge in [0, 0.05) is 86.2 Å². The first-order valence-corrected chi connectivity index (χ1v) is 27.3. The van der Waals surface area contributed by atoms with E-state index in [0.717, 1.165) is 22.9 Å². The van der Waals surface area contributed by atoms with E-state index >= 15 is 0 Å². The third kappa shape index (κ3) is 22.7. The summed E-state index contributed by atoms with van der Waals surface area (Å²) in [5.41, 5.74) is 21.3. The molecule has 0 radical (unpaired) electrons. The summed E-state index contributed by atoms with van der Waals surface area (Å²) in [4.78, 5) is 140. The summed E-state index contributed by atoms with van der Waals surface area (Å²) in [6.45, 7) is 3.47. The number of aromatic nitrogens is 3. The molecule has 0 unspecified atom stereocenters. The fourth-order valence-corrected chi connectivity index (χ4v) is 8.66. The summed E-state index contributed by atoms with van der Waals surface area (Å²) >= 11 is 8.31. The molecule has 0 saturated carbocycles. The van der Waals surface area contributed by atoms with E-state index in [0.29, 0.717) is 43.4 Å². The number of aromatic amines is 2. The van der Waals surface area contributed by atoms with Crippen LogP contribution in [0.3, 0.4) is 0 Å². The number of imidazole rings is 1. The fourth-order valence-electron chi connectivity index (χ4n) is 8.14. The number of benzene rings is 2. The van der Waals surface area contributed by atoms with E-state index in [2.05, 4.69) is 87.9 Å². The number of nitrogens with two attached hydrogens (primary N) is 3. The Morgan fingerprint density at radius 3 is 1.84 bits per heavy atom. The molecule has 16 N–H and O–H groups in total. The highest BCUT2D eigenvalue weighted by Crippen LogP contribution is 2.20. The molecule has 0 aliphatic heterocycles. The third-order valence-electron chi connectivity index (χ3n) is 12.4. The van der Waals surface area contributed by atoms with Crippen LogP contribution >= 0.6 is 25.3 Å². The Morgan fingerprint density at radius 1 is 0.633 bits per heavy atom. The first-order valence-electron chi connectivity index (χ1n) is 26.1. The number of hydrogen-bond donors (Lipinski definition) is 15. The molecule has 0 spiro atoms. The van der Waals surface area contributed by atoms with Crippen LogP contribution in [0.5, 0.6) is 0 Å². The van der Waals surface area contributed by atoms with Crippen LogP contribution in [-0.4, -0.2) is 141 Å². The minimum atomic E-state index is -1.36. The second-order valence-corrected chi connectivity index (χ2v) is 19.4. The molecular weight excluding hydrogens is 1060 g/mol. The van der Waals surface area contributed by atoms with Crippen LogP contribution < -0.4 is 59.9 Å². The van der Waals surface area contributed by atoms with Gasteiger partial charge < -0.3 is 69.2 Å². The molecule has 0 aliphatic carbocycles. The maximum absolute atomic E-state index is 14.7. The Kier molecular flexibility index (Phi) is 27.7. The zero-order valence-corrected chi connectivity index (χ0v) is 46.2. The highest BCUT2D eigenvalue weighted by Gasteiger charge is 2.34. The normalized spacial score (nSPS) is 13.7. The summed E-state index contributed by atoms with van der Waals surface area (Å²) < 4.78 is 0. The number of nitrogens with zero attached hydrogens (tertiary/aromatic N) is 2. The lowest BCUT2D eigenvalue weighted by atomic mass is 10.0. The zero-order chi connectivity index (χ0) is 57.7. The van der Waals surface area contributed by atoms with Gasteiger partial charge in [-0.3, -0.25) is 48.1 Å². The molecule has 0 saturated heterocycles. The van der Waals surface area contributed by atoms with Crippen molar-refractivity contribution in [1.29, 1.82) is 0 Å². The van der Waals surface area contributed by atoms with Gasteiger partial charge in [-0.1, -0.05) is 74.7 Å². The van der Waals surface area contributed by atoms with Crippen molar-refractivity contribution in [2.45, 2.75) is 133 Å². The summed E-state index contributed by atoms with van der Waals surface area (Å²) in [6, 6.07) is 7.91. The van der Waals surface area contributed by atoms with Gasteiger partial charge in [0.2, 0.25) is 47.3 Å². The molecule has 2 heterocycles. The number of rotatable bonds is 36. The Morgan fingerprint density at radius 2 is 1.22 bits per heavy atom. The quantitative estimate of drug-likeness (QED) is 0.00901. The van der Waals surface area contributed by atoms with Gasteiger partial charge in [0.15, 0.2) is 5.96 Å². The van der Waals surface area contributed by atoms with Gasteiger partial charge in [-0.15, -0.1) is 5.48 Å². The lowest BCUT2D eigenvalue weighted by Crippen LogP contribution is -2.60. The maximum Gasteiger partial charge on any atom is 0.324 e. The van der Waals surface area contributed by atoms with E-state index in [1.165, 1.54) is 19.4 Å². The molecule has 2 aromatic heterocycles. The molecule has 2 aromatic carbocycles. The van der Waals surface area contributed by atoms with Crippen LogP contribution in [0.4, 0.5) is 0 Å². The first kappa shape index (κ1) is 63.9. The molecule has 7 atom stereocenters. The third-order valence-corrected chi connectivity index (χ3v) is 13.1. The van der Waals surface area contributed by atoms with Crippen molar-refractivity contribution in [3.8, 4) is 0 Å². The number of fused-ring (bicyclic) bond motifs is 1. The van der Waals surface area contributed by atoms with E-state index in [9.17, 15) is 43.2 Å². The zero-order valence-electron chi connectivity index (χ0n) is 44.4. The summed E-state index contributed by atoms with van der Waals surface area (Å²) in [6.07, 6.45) is 7.69. The first-order chi connectivity index (χ1) is 37.9. The number of unbranched alkanes of at least 4 members (excludes halogenated alkanes) is 3. The van der Waals surface area contributed by atoms with Crippen LogP contribution in [-0.2, 0) is 67.3 Å². The average Bonchev–Trinajstić information content (AvgIpc) is 4.10. The van der Waals surface area contributed by atoms with Crippen molar-refractivity contribution < 1.29 is 48.0 Å². The second kappa shape index (κ2) is 34.3. The standard InChI is InChI=1S/C52H75N15O10S2/c1-3-4-17-37(61-31(2)68)47(72)66-43(29-79)51(76)65-41(25-34-27-56-30-60-34)50(75)63-39(23-32-14-7-5-8-15-32)49(74)62-38(19-13-22-58-52(54)55)48(73)64-40(24-33-26-59-36-18-11-10-16-35(33)36)46(71)57-21-12-6-9-20-44(69)77-67-42(28-78)45(53)70/h5,7-8,10-11,14-16,18,26-27,30,37-43,59,67,78-79H,3-4,6,9,12-13,17,19-25,28-29H2,1-2H3,(H2,53,70)(H,56,60)(H,57,71)(H,61,68)(H,62,74)(H,63,75)(H,64,73)(H,65,76)(H,66,72)(H4,54,55,58)/t37-,38-,39+,40-,41-,42-,43-/m0/s1. The Bertz CT molecular complexity index is 2650. The highest BCUT2D eigenvalue weighted by atomic mass is 32.1. The molecule has 0 aliphatic rings. The lowest BCUT2D eigenvalue weighted by molar-refractivity contribution is -0.154. The molecular formula is C52H75N15O10S2. The predicted molar refractivity (Wildman–Crippen MR) is 303 cm³/mol. The van der Waals surface area contributed by atoms with E-state index in [1.54, 1.807) is 36.5 Å². The van der Waals surface area contributed by atoms with Crippen molar-refractivity contribution in [1.82, 2.24) is 57.6 Å². The van der Waals surface area contributed by atoms with Gasteiger partial charge in [-0.05, 0) is 49.3 Å². The summed E-state index contributed by atoms with van der Waals surface area (Å²) in [7, 11) is 0. The van der Waals surface area contributed by atoms with Gasteiger partial charge in [0.25, 0.3) is 0 Å². The Labute approximate surface area is 469 Å². The number of primary amides is 1. The molecule has 430 valence electrons. The van der Waals surface area contributed by atoms with Crippen LogP contribution in [0, 0.1) is 0 Å². The second-order valence-electron chi connectivity index (χ2n) is 18.7. The number of H-pyrrole nitrogens is 2. The van der Waals surface area contributed by atoms with Crippen molar-refractivity contribution >= 4 is 95.3 Å². The fraction of sp³-hybridized carbons (Fsp3) is 0.481. The van der Waals surface area contributed by atoms with Gasteiger partial charge in [0.1, 0.15) is 42.3 Å². The van der Waals surface area contributed by atoms with Crippen LogP contribution in [0.2, 0.25) is 0 Å². The van der Waals surface area contributed by atoms with Crippen LogP contribution in [0.15, 0.2) is 78.3 Å². The number of amides is 8. The van der Waals surface area contributed by atoms with Gasteiger partial charge in [-0.25, -0.2) is 4.98 Å². The maximum atomic E-state index is 14.7. The SMILES string of the molecule is CCCC[C@H](NC(C)=O)C(=O)N[C@@H](CS)C(=O)N[C@@H](Cc1cnc[nH]1)C(=O)N[C@H](Cc1ccccc1)C(=O)N[C@@H](CCCN=C(N)N)C(=O)N[C@@H](Cc1c[nH]c2ccccc12)C(=O)NCCCCCC(=O)ON[C@@H](CS)C(N)=O. The molecule has 8 amide bonds. The number of aliphatic imine (C=N–C) groups is 1. The van der Waals surface area contributed by atoms with Crippen molar-refractivity contribution in [3.63, 3.8) is 0 Å². The highest BCUT2D eigenvalue weighted by molar-refractivity contribution is 7.80. The minimum Gasteiger partial charge on any atom is -0.370 e. The molecule has 0 fully saturated rings.